The van der Waals surface area contributed by atoms with Crippen molar-refractivity contribution in [3.63, 3.8) is 0 Å². The Bertz CT molecular complexity index is 869. The van der Waals surface area contributed by atoms with Crippen LogP contribution in [0.4, 0.5) is 0 Å². The topological polar surface area (TPSA) is 56.8 Å². The summed E-state index contributed by atoms with van der Waals surface area (Å²) < 4.78 is 15.9. The number of carbonyl (C=O) groups is 1. The first-order valence-corrected chi connectivity index (χ1v) is 9.23. The number of halogens is 2. The van der Waals surface area contributed by atoms with Crippen molar-refractivity contribution in [2.75, 3.05) is 21.3 Å². The smallest absolute Gasteiger partial charge is 0.244 e. The van der Waals surface area contributed by atoms with Crippen LogP contribution in [0, 0.1) is 0 Å². The molecule has 2 rings (SSSR count). The van der Waals surface area contributed by atoms with Gasteiger partial charge in [0, 0.05) is 6.08 Å². The second-order valence-electron chi connectivity index (χ2n) is 6.54. The Hall–Kier alpha value is -2.37. The van der Waals surface area contributed by atoms with Gasteiger partial charge in [-0.25, -0.2) is 0 Å². The summed E-state index contributed by atoms with van der Waals surface area (Å²) in [6, 6.07) is 8.80. The second kappa shape index (κ2) is 9.22. The molecular weight excluding hydrogens is 401 g/mol. The largest absolute Gasteiger partial charge is 0.493 e. The summed E-state index contributed by atoms with van der Waals surface area (Å²) in [7, 11) is 4.61. The highest BCUT2D eigenvalue weighted by molar-refractivity contribution is 6.42. The molecule has 28 heavy (non-hydrogen) atoms. The Morgan fingerprint density at radius 2 is 1.57 bits per heavy atom. The normalized spacial score (nSPS) is 11.4. The number of methoxy groups -OCH3 is 3. The quantitative estimate of drug-likeness (QED) is 0.630. The van der Waals surface area contributed by atoms with Crippen LogP contribution in [0.3, 0.4) is 0 Å². The summed E-state index contributed by atoms with van der Waals surface area (Å²) in [4.78, 5) is 12.4. The van der Waals surface area contributed by atoms with E-state index in [9.17, 15) is 4.79 Å². The van der Waals surface area contributed by atoms with E-state index < -0.39 is 5.54 Å². The van der Waals surface area contributed by atoms with Crippen molar-refractivity contribution in [1.29, 1.82) is 0 Å². The fourth-order valence-corrected chi connectivity index (χ4v) is 2.97. The lowest BCUT2D eigenvalue weighted by Crippen LogP contribution is -2.40. The van der Waals surface area contributed by atoms with Crippen LogP contribution in [-0.2, 0) is 10.3 Å². The van der Waals surface area contributed by atoms with E-state index in [1.165, 1.54) is 27.4 Å². The first-order chi connectivity index (χ1) is 13.2. The molecule has 0 radical (unpaired) electrons. The van der Waals surface area contributed by atoms with Crippen molar-refractivity contribution >= 4 is 35.2 Å². The number of rotatable bonds is 7. The SMILES string of the molecule is COc1cc(/C=C/C(=O)NC(C)(C)c2ccc(Cl)c(Cl)c2)cc(OC)c1OC. The van der Waals surface area contributed by atoms with E-state index in [0.717, 1.165) is 11.1 Å². The van der Waals surface area contributed by atoms with E-state index in [1.807, 2.05) is 19.9 Å². The molecular formula is C21H23Cl2NO4. The molecule has 150 valence electrons. The number of hydrogen-bond donors (Lipinski definition) is 1. The molecule has 7 heteroatoms. The second-order valence-corrected chi connectivity index (χ2v) is 7.35. The van der Waals surface area contributed by atoms with Gasteiger partial charge in [-0.1, -0.05) is 29.3 Å². The minimum Gasteiger partial charge on any atom is -0.493 e. The lowest BCUT2D eigenvalue weighted by molar-refractivity contribution is -0.118. The minimum absolute atomic E-state index is 0.259. The lowest BCUT2D eigenvalue weighted by atomic mass is 9.94. The number of benzene rings is 2. The average Bonchev–Trinajstić information content (AvgIpc) is 2.66. The third kappa shape index (κ3) is 5.12. The van der Waals surface area contributed by atoms with Crippen LogP contribution in [-0.4, -0.2) is 27.2 Å². The maximum Gasteiger partial charge on any atom is 0.244 e. The third-order valence-corrected chi connectivity index (χ3v) is 4.93. The molecule has 0 aliphatic carbocycles. The Balaban J connectivity index is 2.20. The highest BCUT2D eigenvalue weighted by Crippen LogP contribution is 2.38. The number of amides is 1. The Morgan fingerprint density at radius 3 is 2.07 bits per heavy atom. The maximum absolute atomic E-state index is 12.4. The van der Waals surface area contributed by atoms with Crippen LogP contribution in [0.1, 0.15) is 25.0 Å². The van der Waals surface area contributed by atoms with Gasteiger partial charge in [-0.15, -0.1) is 0 Å². The van der Waals surface area contributed by atoms with E-state index in [1.54, 1.807) is 30.3 Å². The van der Waals surface area contributed by atoms with Gasteiger partial charge in [0.25, 0.3) is 0 Å². The van der Waals surface area contributed by atoms with Gasteiger partial charge >= 0.3 is 0 Å². The number of carbonyl (C=O) groups excluding carboxylic acids is 1. The van der Waals surface area contributed by atoms with Crippen LogP contribution >= 0.6 is 23.2 Å². The first-order valence-electron chi connectivity index (χ1n) is 8.47. The van der Waals surface area contributed by atoms with Crippen molar-refractivity contribution in [2.24, 2.45) is 0 Å². The van der Waals surface area contributed by atoms with Gasteiger partial charge in [0.1, 0.15) is 0 Å². The molecule has 0 heterocycles. The highest BCUT2D eigenvalue weighted by Gasteiger charge is 2.22. The number of ether oxygens (including phenoxy) is 3. The molecule has 0 aliphatic rings. The van der Waals surface area contributed by atoms with Gasteiger partial charge in [0.2, 0.25) is 11.7 Å². The zero-order valence-corrected chi connectivity index (χ0v) is 17.9. The Morgan fingerprint density at radius 1 is 0.964 bits per heavy atom. The van der Waals surface area contributed by atoms with Crippen LogP contribution in [0.2, 0.25) is 10.0 Å². The van der Waals surface area contributed by atoms with Crippen molar-refractivity contribution in [3.8, 4) is 17.2 Å². The van der Waals surface area contributed by atoms with Crippen LogP contribution in [0.15, 0.2) is 36.4 Å². The molecule has 0 atom stereocenters. The van der Waals surface area contributed by atoms with Gasteiger partial charge in [-0.3, -0.25) is 4.79 Å². The molecule has 0 unspecified atom stereocenters. The van der Waals surface area contributed by atoms with Gasteiger partial charge in [-0.2, -0.15) is 0 Å². The predicted octanol–water partition coefficient (Wildman–Crippen LogP) is 5.08. The molecule has 1 N–H and O–H groups in total. The fourth-order valence-electron chi connectivity index (χ4n) is 2.68. The Kier molecular flexibility index (Phi) is 7.22. The molecule has 1 amide bonds. The maximum atomic E-state index is 12.4. The van der Waals surface area contributed by atoms with Gasteiger partial charge < -0.3 is 19.5 Å². The standard InChI is InChI=1S/C21H23Cl2NO4/c1-21(2,14-7-8-15(22)16(23)12-14)24-19(25)9-6-13-10-17(26-3)20(28-5)18(11-13)27-4/h6-12H,1-5H3,(H,24,25)/b9-6+. The number of nitrogens with one attached hydrogen (secondary N) is 1. The minimum atomic E-state index is -0.634. The summed E-state index contributed by atoms with van der Waals surface area (Å²) in [5.41, 5.74) is 0.943. The number of hydrogen-bond acceptors (Lipinski definition) is 4. The molecule has 5 nitrogen and oxygen atoms in total. The highest BCUT2D eigenvalue weighted by atomic mass is 35.5. The van der Waals surface area contributed by atoms with Gasteiger partial charge in [-0.05, 0) is 55.3 Å². The zero-order valence-electron chi connectivity index (χ0n) is 16.4. The molecule has 0 bridgehead atoms. The molecule has 2 aromatic rings. The van der Waals surface area contributed by atoms with E-state index in [0.29, 0.717) is 27.3 Å². The molecule has 0 saturated carbocycles. The van der Waals surface area contributed by atoms with Crippen molar-refractivity contribution in [3.05, 3.63) is 57.6 Å². The molecule has 0 spiro atoms. The lowest BCUT2D eigenvalue weighted by Gasteiger charge is -2.26. The molecule has 0 aliphatic heterocycles. The zero-order chi connectivity index (χ0) is 20.9. The summed E-state index contributed by atoms with van der Waals surface area (Å²) in [5.74, 6) is 1.26. The predicted molar refractivity (Wildman–Crippen MR) is 113 cm³/mol. The van der Waals surface area contributed by atoms with E-state index in [4.69, 9.17) is 37.4 Å². The van der Waals surface area contributed by atoms with Crippen LogP contribution in [0.25, 0.3) is 6.08 Å². The van der Waals surface area contributed by atoms with Crippen molar-refractivity contribution in [2.45, 2.75) is 19.4 Å². The van der Waals surface area contributed by atoms with E-state index >= 15 is 0 Å². The molecule has 0 fully saturated rings. The first kappa shape index (κ1) is 21.9. The van der Waals surface area contributed by atoms with Crippen molar-refractivity contribution in [1.82, 2.24) is 5.32 Å². The Labute approximate surface area is 175 Å². The van der Waals surface area contributed by atoms with Crippen LogP contribution in [0.5, 0.6) is 17.2 Å². The van der Waals surface area contributed by atoms with E-state index in [2.05, 4.69) is 5.32 Å². The van der Waals surface area contributed by atoms with Crippen molar-refractivity contribution < 1.29 is 19.0 Å². The van der Waals surface area contributed by atoms with Gasteiger partial charge in [0.15, 0.2) is 11.5 Å². The summed E-state index contributed by atoms with van der Waals surface area (Å²) >= 11 is 12.1. The van der Waals surface area contributed by atoms with Crippen LogP contribution < -0.4 is 19.5 Å². The summed E-state index contributed by atoms with van der Waals surface area (Å²) in [6.07, 6.45) is 3.12. The fraction of sp³-hybridized carbons (Fsp3) is 0.286. The molecule has 2 aromatic carbocycles. The summed E-state index contributed by atoms with van der Waals surface area (Å²) in [6.45, 7) is 3.77. The molecule has 0 aromatic heterocycles. The molecule has 0 saturated heterocycles. The summed E-state index contributed by atoms with van der Waals surface area (Å²) in [5, 5.41) is 3.86. The third-order valence-electron chi connectivity index (χ3n) is 4.19. The monoisotopic (exact) mass is 423 g/mol. The van der Waals surface area contributed by atoms with Gasteiger partial charge in [0.05, 0.1) is 36.9 Å². The van der Waals surface area contributed by atoms with E-state index in [-0.39, 0.29) is 5.91 Å². The average molecular weight is 424 g/mol.